The van der Waals surface area contributed by atoms with E-state index in [0.29, 0.717) is 27.3 Å². The number of carbonyl (C=O) groups excluding carboxylic acids is 1. The predicted molar refractivity (Wildman–Crippen MR) is 103 cm³/mol. The number of hydrogen-bond acceptors (Lipinski definition) is 8. The lowest BCUT2D eigenvalue weighted by molar-refractivity contribution is 0.0430. The second-order valence-electron chi connectivity index (χ2n) is 5.60. The van der Waals surface area contributed by atoms with E-state index in [4.69, 9.17) is 36.8 Å². The molecule has 4 rings (SSSR count). The Balaban J connectivity index is 1.45. The number of nitrogens with zero attached hydrogens (tertiary/aromatic N) is 3. The maximum atomic E-state index is 12.3. The summed E-state index contributed by atoms with van der Waals surface area (Å²) in [6.45, 7) is 1.44. The summed E-state index contributed by atoms with van der Waals surface area (Å²) in [5, 5.41) is 10.5. The third-order valence-corrected chi connectivity index (χ3v) is 5.08. The number of aromatic nitrogens is 3. The number of oxazole rings is 1. The van der Waals surface area contributed by atoms with E-state index in [1.165, 1.54) is 11.3 Å². The van der Waals surface area contributed by atoms with Crippen LogP contribution in [0.5, 0.6) is 0 Å². The van der Waals surface area contributed by atoms with Gasteiger partial charge in [0.2, 0.25) is 11.8 Å². The van der Waals surface area contributed by atoms with E-state index >= 15 is 0 Å². The van der Waals surface area contributed by atoms with E-state index in [1.54, 1.807) is 25.1 Å². The Kier molecular flexibility index (Phi) is 5.17. The van der Waals surface area contributed by atoms with Crippen molar-refractivity contribution < 1.29 is 18.4 Å². The maximum absolute atomic E-state index is 12.3. The van der Waals surface area contributed by atoms with Gasteiger partial charge in [-0.25, -0.2) is 9.78 Å². The zero-order chi connectivity index (χ0) is 19.7. The summed E-state index contributed by atoms with van der Waals surface area (Å²) < 4.78 is 16.3. The van der Waals surface area contributed by atoms with Crippen LogP contribution in [0.4, 0.5) is 0 Å². The smallest absolute Gasteiger partial charge is 0.361 e. The van der Waals surface area contributed by atoms with Gasteiger partial charge in [0.1, 0.15) is 5.76 Å². The number of ether oxygens (including phenoxy) is 1. The summed E-state index contributed by atoms with van der Waals surface area (Å²) in [7, 11) is 0. The van der Waals surface area contributed by atoms with Gasteiger partial charge in [0, 0.05) is 5.02 Å². The first-order chi connectivity index (χ1) is 13.5. The average Bonchev–Trinajstić information content (AvgIpc) is 3.40. The summed E-state index contributed by atoms with van der Waals surface area (Å²) in [5.41, 5.74) is 0.632. The fourth-order valence-electron chi connectivity index (χ4n) is 2.37. The molecule has 1 aromatic carbocycles. The minimum absolute atomic E-state index is 0.101. The quantitative estimate of drug-likeness (QED) is 0.386. The minimum Gasteiger partial charge on any atom is -0.451 e. The van der Waals surface area contributed by atoms with Gasteiger partial charge < -0.3 is 13.6 Å². The van der Waals surface area contributed by atoms with Crippen LogP contribution in [-0.4, -0.2) is 21.2 Å². The normalized spacial score (nSPS) is 11.0. The lowest BCUT2D eigenvalue weighted by Gasteiger charge is -2.00. The number of aryl methyl sites for hydroxylation is 1. The van der Waals surface area contributed by atoms with Crippen molar-refractivity contribution in [1.82, 2.24) is 15.2 Å². The lowest BCUT2D eigenvalue weighted by atomic mass is 10.2. The molecule has 0 saturated carbocycles. The molecule has 142 valence electrons. The lowest BCUT2D eigenvalue weighted by Crippen LogP contribution is -2.07. The topological polar surface area (TPSA) is 91.2 Å². The zero-order valence-electron chi connectivity index (χ0n) is 14.3. The highest BCUT2D eigenvalue weighted by atomic mass is 35.5. The van der Waals surface area contributed by atoms with Crippen LogP contribution in [-0.2, 0) is 11.3 Å². The van der Waals surface area contributed by atoms with E-state index in [2.05, 4.69) is 15.2 Å². The van der Waals surface area contributed by atoms with E-state index in [1.807, 2.05) is 17.5 Å². The molecule has 10 heteroatoms. The van der Waals surface area contributed by atoms with Gasteiger partial charge in [-0.3, -0.25) is 0 Å². The SMILES string of the molecule is Cc1oc(-c2cccs2)nc1C(=O)OCc1nnc(-c2ccc(Cl)cc2Cl)o1. The Morgan fingerprint density at radius 3 is 2.79 bits per heavy atom. The van der Waals surface area contributed by atoms with Crippen molar-refractivity contribution in [3.8, 4) is 22.2 Å². The largest absolute Gasteiger partial charge is 0.451 e. The Bertz CT molecular complexity index is 1140. The molecule has 3 aromatic heterocycles. The molecule has 3 heterocycles. The molecule has 0 atom stereocenters. The second-order valence-corrected chi connectivity index (χ2v) is 7.39. The number of halogens is 2. The number of thiophene rings is 1. The highest BCUT2D eigenvalue weighted by molar-refractivity contribution is 7.13. The van der Waals surface area contributed by atoms with Crippen molar-refractivity contribution in [2.45, 2.75) is 13.5 Å². The van der Waals surface area contributed by atoms with Gasteiger partial charge >= 0.3 is 5.97 Å². The molecule has 28 heavy (non-hydrogen) atoms. The summed E-state index contributed by atoms with van der Waals surface area (Å²) >= 11 is 13.5. The van der Waals surface area contributed by atoms with E-state index in [9.17, 15) is 4.79 Å². The van der Waals surface area contributed by atoms with Crippen molar-refractivity contribution in [3.05, 3.63) is 63.1 Å². The number of benzene rings is 1. The molecular formula is C18H11Cl2N3O4S. The molecule has 0 bridgehead atoms. The number of carbonyl (C=O) groups is 1. The molecule has 4 aromatic rings. The Morgan fingerprint density at radius 1 is 1.18 bits per heavy atom. The third kappa shape index (κ3) is 3.80. The number of hydrogen-bond donors (Lipinski definition) is 0. The van der Waals surface area contributed by atoms with Gasteiger partial charge in [0.15, 0.2) is 12.3 Å². The number of rotatable bonds is 5. The van der Waals surface area contributed by atoms with Crippen LogP contribution in [0.15, 0.2) is 44.5 Å². The summed E-state index contributed by atoms with van der Waals surface area (Å²) in [4.78, 5) is 17.4. The van der Waals surface area contributed by atoms with Crippen LogP contribution in [0.2, 0.25) is 10.0 Å². The Morgan fingerprint density at radius 2 is 2.04 bits per heavy atom. The average molecular weight is 436 g/mol. The molecule has 0 fully saturated rings. The summed E-state index contributed by atoms with van der Waals surface area (Å²) in [6, 6.07) is 8.62. The Hall–Kier alpha value is -2.68. The first kappa shape index (κ1) is 18.7. The monoisotopic (exact) mass is 435 g/mol. The maximum Gasteiger partial charge on any atom is 0.361 e. The number of esters is 1. The van der Waals surface area contributed by atoms with Gasteiger partial charge in [-0.15, -0.1) is 21.5 Å². The van der Waals surface area contributed by atoms with Gasteiger partial charge in [0.25, 0.3) is 5.89 Å². The van der Waals surface area contributed by atoms with Crippen molar-refractivity contribution in [3.63, 3.8) is 0 Å². The molecule has 0 radical (unpaired) electrons. The highest BCUT2D eigenvalue weighted by Gasteiger charge is 2.21. The molecule has 0 aliphatic heterocycles. The van der Waals surface area contributed by atoms with Crippen molar-refractivity contribution in [2.75, 3.05) is 0 Å². The highest BCUT2D eigenvalue weighted by Crippen LogP contribution is 2.30. The van der Waals surface area contributed by atoms with Crippen LogP contribution in [0.1, 0.15) is 22.1 Å². The molecule has 0 N–H and O–H groups in total. The molecule has 0 amide bonds. The van der Waals surface area contributed by atoms with E-state index < -0.39 is 5.97 Å². The predicted octanol–water partition coefficient (Wildman–Crippen LogP) is 5.43. The molecule has 0 unspecified atom stereocenters. The van der Waals surface area contributed by atoms with Gasteiger partial charge in [-0.2, -0.15) is 0 Å². The van der Waals surface area contributed by atoms with Crippen molar-refractivity contribution >= 4 is 40.5 Å². The van der Waals surface area contributed by atoms with Gasteiger partial charge in [-0.05, 0) is 36.6 Å². The van der Waals surface area contributed by atoms with Gasteiger partial charge in [0.05, 0.1) is 15.5 Å². The Labute approximate surface area is 172 Å². The van der Waals surface area contributed by atoms with Crippen LogP contribution in [0.3, 0.4) is 0 Å². The molecule has 0 saturated heterocycles. The molecule has 0 aliphatic rings. The second kappa shape index (κ2) is 7.75. The summed E-state index contributed by atoms with van der Waals surface area (Å²) in [6.07, 6.45) is 0. The standard InChI is InChI=1S/C18H11Cl2N3O4S/c1-9-15(21-17(26-9)13-3-2-6-28-13)18(24)25-8-14-22-23-16(27-14)11-5-4-10(19)7-12(11)20/h2-7H,8H2,1H3. The fourth-order valence-corrected chi connectivity index (χ4v) is 3.51. The summed E-state index contributed by atoms with van der Waals surface area (Å²) in [5.74, 6) is 0.414. The first-order valence-corrected chi connectivity index (χ1v) is 9.61. The van der Waals surface area contributed by atoms with Crippen molar-refractivity contribution in [2.24, 2.45) is 0 Å². The van der Waals surface area contributed by atoms with Gasteiger partial charge in [-0.1, -0.05) is 29.3 Å². The van der Waals surface area contributed by atoms with Crippen LogP contribution >= 0.6 is 34.5 Å². The molecular weight excluding hydrogens is 425 g/mol. The molecule has 7 nitrogen and oxygen atoms in total. The minimum atomic E-state index is -0.645. The molecule has 0 spiro atoms. The van der Waals surface area contributed by atoms with Crippen molar-refractivity contribution in [1.29, 1.82) is 0 Å². The molecule has 0 aliphatic carbocycles. The van der Waals surface area contributed by atoms with Crippen LogP contribution in [0.25, 0.3) is 22.2 Å². The van der Waals surface area contributed by atoms with Crippen LogP contribution < -0.4 is 0 Å². The van der Waals surface area contributed by atoms with Crippen LogP contribution in [0, 0.1) is 6.92 Å². The third-order valence-electron chi connectivity index (χ3n) is 3.68. The first-order valence-electron chi connectivity index (χ1n) is 7.97. The fraction of sp³-hybridized carbons (Fsp3) is 0.111. The van der Waals surface area contributed by atoms with E-state index in [0.717, 1.165) is 4.88 Å². The van der Waals surface area contributed by atoms with E-state index in [-0.39, 0.29) is 24.1 Å². The zero-order valence-corrected chi connectivity index (χ0v) is 16.6.